The number of halogens is 2. The minimum Gasteiger partial charge on any atom is -0.389 e. The third kappa shape index (κ3) is 2.65. The number of nitrogens with zero attached hydrogens (tertiary/aromatic N) is 2. The highest BCUT2D eigenvalue weighted by atomic mass is 79.9. The van der Waals surface area contributed by atoms with E-state index in [1.165, 1.54) is 6.39 Å². The third-order valence-electron chi connectivity index (χ3n) is 2.19. The molecule has 8 heteroatoms. The van der Waals surface area contributed by atoms with E-state index in [9.17, 15) is 4.39 Å². The second-order valence-corrected chi connectivity index (χ2v) is 4.59. The lowest BCUT2D eigenvalue weighted by Crippen LogP contribution is -2.12. The van der Waals surface area contributed by atoms with Crippen LogP contribution in [0, 0.1) is 5.82 Å². The number of hydrogen-bond donors (Lipinski definition) is 2. The summed E-state index contributed by atoms with van der Waals surface area (Å²) in [7, 11) is 0. The number of rotatable bonds is 4. The summed E-state index contributed by atoms with van der Waals surface area (Å²) in [6.07, 6.45) is 1.21. The summed E-state index contributed by atoms with van der Waals surface area (Å²) in [5.74, 6) is -0.0345. The Kier molecular flexibility index (Phi) is 3.87. The Bertz CT molecular complexity index is 576. The van der Waals surface area contributed by atoms with Crippen molar-refractivity contribution in [2.24, 2.45) is 5.73 Å². The normalized spacial score (nSPS) is 10.3. The maximum atomic E-state index is 14.0. The minimum absolute atomic E-state index is 0.130. The molecular formula is C10H8BrFN4OS. The zero-order chi connectivity index (χ0) is 13.1. The van der Waals surface area contributed by atoms with E-state index < -0.39 is 5.82 Å². The van der Waals surface area contributed by atoms with E-state index in [-0.39, 0.29) is 16.0 Å². The maximum Gasteiger partial charge on any atom is 0.213 e. The van der Waals surface area contributed by atoms with Gasteiger partial charge in [0.15, 0.2) is 11.6 Å². The highest BCUT2D eigenvalue weighted by molar-refractivity contribution is 9.10. The molecule has 0 bridgehead atoms. The molecule has 0 saturated heterocycles. The van der Waals surface area contributed by atoms with Crippen LogP contribution in [0.1, 0.15) is 11.4 Å². The lowest BCUT2D eigenvalue weighted by atomic mass is 10.2. The second kappa shape index (κ2) is 5.40. The van der Waals surface area contributed by atoms with Gasteiger partial charge in [-0.1, -0.05) is 17.4 Å². The monoisotopic (exact) mass is 330 g/mol. The third-order valence-corrected chi connectivity index (χ3v) is 3.19. The van der Waals surface area contributed by atoms with Crippen LogP contribution in [0.25, 0.3) is 0 Å². The number of nitrogens with one attached hydrogen (secondary N) is 1. The average molecular weight is 331 g/mol. The van der Waals surface area contributed by atoms with Crippen LogP contribution in [0.5, 0.6) is 0 Å². The second-order valence-electron chi connectivity index (χ2n) is 3.35. The zero-order valence-electron chi connectivity index (χ0n) is 8.98. The molecule has 3 N–H and O–H groups in total. The first-order chi connectivity index (χ1) is 8.59. The summed E-state index contributed by atoms with van der Waals surface area (Å²) >= 11 is 7.93. The minimum atomic E-state index is -0.469. The van der Waals surface area contributed by atoms with Crippen molar-refractivity contribution in [2.45, 2.75) is 6.54 Å². The van der Waals surface area contributed by atoms with Crippen molar-refractivity contribution in [3.63, 3.8) is 0 Å². The average Bonchev–Trinajstić information content (AvgIpc) is 2.83. The molecule has 0 spiro atoms. The van der Waals surface area contributed by atoms with Crippen LogP contribution in [-0.2, 0) is 6.54 Å². The molecule has 0 aliphatic carbocycles. The molecule has 2 rings (SSSR count). The van der Waals surface area contributed by atoms with Crippen LogP contribution in [-0.4, -0.2) is 15.1 Å². The topological polar surface area (TPSA) is 77.0 Å². The Morgan fingerprint density at radius 3 is 2.94 bits per heavy atom. The molecule has 0 amide bonds. The summed E-state index contributed by atoms with van der Waals surface area (Å²) in [5.41, 5.74) is 6.22. The molecule has 94 valence electrons. The number of anilines is 1. The molecule has 18 heavy (non-hydrogen) atoms. The molecule has 0 saturated carbocycles. The lowest BCUT2D eigenvalue weighted by molar-refractivity contribution is 0.411. The summed E-state index contributed by atoms with van der Waals surface area (Å²) in [4.78, 5) is 3.94. The van der Waals surface area contributed by atoms with Crippen molar-refractivity contribution in [2.75, 3.05) is 5.32 Å². The van der Waals surface area contributed by atoms with Gasteiger partial charge in [-0.25, -0.2) is 4.39 Å². The van der Waals surface area contributed by atoms with Crippen LogP contribution in [0.3, 0.4) is 0 Å². The highest BCUT2D eigenvalue weighted by Crippen LogP contribution is 2.27. The van der Waals surface area contributed by atoms with Crippen LogP contribution < -0.4 is 11.1 Å². The summed E-state index contributed by atoms with van der Waals surface area (Å²) < 4.78 is 18.8. The van der Waals surface area contributed by atoms with Crippen molar-refractivity contribution in [3.05, 3.63) is 40.2 Å². The van der Waals surface area contributed by atoms with Gasteiger partial charge >= 0.3 is 0 Å². The Hall–Kier alpha value is -1.54. The van der Waals surface area contributed by atoms with Gasteiger partial charge in [0.2, 0.25) is 6.39 Å². The Morgan fingerprint density at radius 2 is 2.33 bits per heavy atom. The van der Waals surface area contributed by atoms with Gasteiger partial charge in [0.1, 0.15) is 4.99 Å². The van der Waals surface area contributed by atoms with Gasteiger partial charge in [0.25, 0.3) is 0 Å². The van der Waals surface area contributed by atoms with E-state index in [4.69, 9.17) is 18.0 Å². The Morgan fingerprint density at radius 1 is 1.56 bits per heavy atom. The van der Waals surface area contributed by atoms with Crippen LogP contribution in [0.15, 0.2) is 27.5 Å². The molecule has 2 aromatic rings. The molecule has 0 unspecified atom stereocenters. The van der Waals surface area contributed by atoms with Crippen molar-refractivity contribution < 1.29 is 8.91 Å². The number of aromatic nitrogens is 2. The summed E-state index contributed by atoms with van der Waals surface area (Å²) in [5, 5.41) is 6.45. The van der Waals surface area contributed by atoms with Gasteiger partial charge < -0.3 is 15.6 Å². The number of benzene rings is 1. The Balaban J connectivity index is 2.19. The fourth-order valence-corrected chi connectivity index (χ4v) is 2.18. The van der Waals surface area contributed by atoms with Crippen LogP contribution >= 0.6 is 28.1 Å². The van der Waals surface area contributed by atoms with Crippen molar-refractivity contribution in [3.8, 4) is 0 Å². The Labute approximate surface area is 116 Å². The molecule has 0 fully saturated rings. The number of hydrogen-bond acceptors (Lipinski definition) is 5. The fourth-order valence-electron chi connectivity index (χ4n) is 1.32. The van der Waals surface area contributed by atoms with Gasteiger partial charge in [-0.2, -0.15) is 4.98 Å². The van der Waals surface area contributed by atoms with Crippen molar-refractivity contribution in [1.29, 1.82) is 0 Å². The van der Waals surface area contributed by atoms with Gasteiger partial charge in [0.05, 0.1) is 16.7 Å². The van der Waals surface area contributed by atoms with Crippen LogP contribution in [0.4, 0.5) is 10.1 Å². The predicted octanol–water partition coefficient (Wildman–Crippen LogP) is 2.22. The molecular weight excluding hydrogens is 323 g/mol. The molecule has 0 aliphatic heterocycles. The first kappa shape index (κ1) is 12.9. The highest BCUT2D eigenvalue weighted by Gasteiger charge is 2.13. The van der Waals surface area contributed by atoms with E-state index in [0.717, 1.165) is 0 Å². The van der Waals surface area contributed by atoms with Crippen LogP contribution in [0.2, 0.25) is 0 Å². The quantitative estimate of drug-likeness (QED) is 0.837. The van der Waals surface area contributed by atoms with E-state index in [0.29, 0.717) is 17.1 Å². The SMILES string of the molecule is NC(=S)c1ccc(NCc2ncon2)c(F)c1Br. The smallest absolute Gasteiger partial charge is 0.213 e. The molecule has 0 atom stereocenters. The molecule has 1 aromatic heterocycles. The van der Waals surface area contributed by atoms with Crippen molar-refractivity contribution in [1.82, 2.24) is 10.1 Å². The summed E-state index contributed by atoms with van der Waals surface area (Å²) in [6, 6.07) is 3.18. The molecule has 1 heterocycles. The maximum absolute atomic E-state index is 14.0. The van der Waals surface area contributed by atoms with E-state index in [2.05, 4.69) is 35.9 Å². The largest absolute Gasteiger partial charge is 0.389 e. The fraction of sp³-hybridized carbons (Fsp3) is 0.100. The predicted molar refractivity (Wildman–Crippen MR) is 71.6 cm³/mol. The van der Waals surface area contributed by atoms with Gasteiger partial charge in [-0.3, -0.25) is 0 Å². The molecule has 0 radical (unpaired) electrons. The van der Waals surface area contributed by atoms with Gasteiger partial charge in [-0.05, 0) is 28.1 Å². The zero-order valence-corrected chi connectivity index (χ0v) is 11.4. The standard InChI is InChI=1S/C10H8BrFN4OS/c11-8-5(10(13)18)1-2-6(9(8)12)14-3-7-15-4-17-16-7/h1-2,4,14H,3H2,(H2,13,18). The van der Waals surface area contributed by atoms with Gasteiger partial charge in [-0.15, -0.1) is 0 Å². The van der Waals surface area contributed by atoms with E-state index in [1.807, 2.05) is 0 Å². The summed E-state index contributed by atoms with van der Waals surface area (Å²) in [6.45, 7) is 0.256. The van der Waals surface area contributed by atoms with E-state index in [1.54, 1.807) is 12.1 Å². The number of thiocarbonyl (C=S) groups is 1. The van der Waals surface area contributed by atoms with Crippen molar-refractivity contribution >= 4 is 38.8 Å². The van der Waals surface area contributed by atoms with Gasteiger partial charge in [0, 0.05) is 5.56 Å². The molecule has 1 aromatic carbocycles. The first-order valence-electron chi connectivity index (χ1n) is 4.86. The molecule has 0 aliphatic rings. The number of nitrogens with two attached hydrogens (primary N) is 1. The molecule has 5 nitrogen and oxygen atoms in total. The lowest BCUT2D eigenvalue weighted by Gasteiger charge is -2.09. The van der Waals surface area contributed by atoms with E-state index >= 15 is 0 Å². The first-order valence-corrected chi connectivity index (χ1v) is 6.06.